The maximum absolute atomic E-state index is 12.4. The second kappa shape index (κ2) is 10.5. The molecule has 6 heteroatoms. The number of rotatable bonds is 10. The minimum atomic E-state index is -0.133. The Morgan fingerprint density at radius 1 is 1.39 bits per heavy atom. The first-order chi connectivity index (χ1) is 10.9. The van der Waals surface area contributed by atoms with Gasteiger partial charge in [0.05, 0.1) is 18.4 Å². The number of nitrogens with zero attached hydrogens (tertiary/aromatic N) is 1. The molecule has 0 aromatic carbocycles. The molecule has 0 spiro atoms. The van der Waals surface area contributed by atoms with E-state index in [1.165, 1.54) is 18.7 Å². The molecule has 0 radical (unpaired) electrons. The summed E-state index contributed by atoms with van der Waals surface area (Å²) in [5.41, 5.74) is 0.923. The summed E-state index contributed by atoms with van der Waals surface area (Å²) in [4.78, 5) is 31.1. The summed E-state index contributed by atoms with van der Waals surface area (Å²) in [6.07, 6.45) is 5.76. The number of imidazole rings is 1. The van der Waals surface area contributed by atoms with Gasteiger partial charge in [-0.3, -0.25) is 9.59 Å². The lowest BCUT2D eigenvalue weighted by Crippen LogP contribution is -2.32. The largest absolute Gasteiger partial charge is 0.350 e. The van der Waals surface area contributed by atoms with Crippen molar-refractivity contribution < 1.29 is 9.59 Å². The van der Waals surface area contributed by atoms with E-state index in [2.05, 4.69) is 36.1 Å². The highest BCUT2D eigenvalue weighted by Gasteiger charge is 2.20. The molecule has 23 heavy (non-hydrogen) atoms. The molecule has 1 aromatic heterocycles. The van der Waals surface area contributed by atoms with E-state index in [1.54, 1.807) is 6.20 Å². The first kappa shape index (κ1) is 19.7. The molecule has 0 saturated carbocycles. The van der Waals surface area contributed by atoms with Crippen LogP contribution in [0.5, 0.6) is 0 Å². The average molecular weight is 340 g/mol. The normalized spacial score (nSPS) is 12.4. The smallest absolute Gasteiger partial charge is 0.224 e. The van der Waals surface area contributed by atoms with Gasteiger partial charge in [-0.1, -0.05) is 39.0 Å². The van der Waals surface area contributed by atoms with Crippen LogP contribution in [-0.4, -0.2) is 26.7 Å². The molecule has 0 unspecified atom stereocenters. The number of H-pyrrole nitrogens is 1. The summed E-state index contributed by atoms with van der Waals surface area (Å²) < 4.78 is 0. The van der Waals surface area contributed by atoms with Crippen molar-refractivity contribution in [3.8, 4) is 0 Å². The number of unbranched alkanes of at least 4 members (excludes halogenated alkanes) is 1. The van der Waals surface area contributed by atoms with Gasteiger partial charge < -0.3 is 10.3 Å². The van der Waals surface area contributed by atoms with Crippen molar-refractivity contribution in [1.29, 1.82) is 0 Å². The number of nitrogens with one attached hydrogen (secondary N) is 2. The maximum atomic E-state index is 12.4. The molecule has 5 nitrogen and oxygen atoms in total. The Bertz CT molecular complexity index is 500. The zero-order chi connectivity index (χ0) is 17.2. The van der Waals surface area contributed by atoms with E-state index in [0.717, 1.165) is 37.2 Å². The molecule has 130 valence electrons. The lowest BCUT2D eigenvalue weighted by atomic mass is 9.98. The molecular weight excluding hydrogens is 310 g/mol. The predicted molar refractivity (Wildman–Crippen MR) is 95.1 cm³/mol. The number of carbonyl (C=O) groups excluding carboxylic acids is 2. The summed E-state index contributed by atoms with van der Waals surface area (Å²) in [5, 5.41) is 3.02. The van der Waals surface area contributed by atoms with Crippen molar-refractivity contribution in [2.24, 2.45) is 11.8 Å². The van der Waals surface area contributed by atoms with Gasteiger partial charge in [0, 0.05) is 25.0 Å². The number of hydrogen-bond donors (Lipinski definition) is 2. The van der Waals surface area contributed by atoms with Gasteiger partial charge in [-0.25, -0.2) is 4.98 Å². The monoisotopic (exact) mass is 339 g/mol. The summed E-state index contributed by atoms with van der Waals surface area (Å²) in [6, 6.07) is 0. The third kappa shape index (κ3) is 8.21. The third-order valence-corrected chi connectivity index (χ3v) is 4.49. The van der Waals surface area contributed by atoms with Gasteiger partial charge in [-0.2, -0.15) is 0 Å². The quantitative estimate of drug-likeness (QED) is 0.686. The van der Waals surface area contributed by atoms with Crippen LogP contribution in [0.2, 0.25) is 0 Å². The van der Waals surface area contributed by atoms with Crippen LogP contribution in [0.3, 0.4) is 0 Å². The number of thioether (sulfide) groups is 1. The Hall–Kier alpha value is -1.30. The molecule has 1 atom stereocenters. The molecule has 1 amide bonds. The molecule has 1 rings (SSSR count). The summed E-state index contributed by atoms with van der Waals surface area (Å²) in [7, 11) is 0. The number of amides is 1. The highest BCUT2D eigenvalue weighted by molar-refractivity contribution is 8.13. The van der Waals surface area contributed by atoms with Crippen molar-refractivity contribution in [3.05, 3.63) is 17.7 Å². The molecule has 0 bridgehead atoms. The summed E-state index contributed by atoms with van der Waals surface area (Å²) in [5.74, 6) is 1.82. The Kier molecular flexibility index (Phi) is 8.99. The van der Waals surface area contributed by atoms with Gasteiger partial charge in [0.2, 0.25) is 5.91 Å². The maximum Gasteiger partial charge on any atom is 0.224 e. The lowest BCUT2D eigenvalue weighted by Gasteiger charge is -2.17. The molecule has 0 aliphatic rings. The summed E-state index contributed by atoms with van der Waals surface area (Å²) >= 11 is 1.22. The van der Waals surface area contributed by atoms with Crippen LogP contribution in [0.15, 0.2) is 6.20 Å². The van der Waals surface area contributed by atoms with E-state index < -0.39 is 0 Å². The Labute approximate surface area is 143 Å². The number of carbonyl (C=O) groups is 2. The van der Waals surface area contributed by atoms with E-state index in [1.807, 2.05) is 0 Å². The number of aromatic amines is 1. The zero-order valence-electron chi connectivity index (χ0n) is 14.6. The highest BCUT2D eigenvalue weighted by atomic mass is 32.2. The lowest BCUT2D eigenvalue weighted by molar-refractivity contribution is -0.124. The number of aryl methyl sites for hydroxylation is 1. The van der Waals surface area contributed by atoms with Crippen molar-refractivity contribution in [1.82, 2.24) is 15.3 Å². The van der Waals surface area contributed by atoms with E-state index >= 15 is 0 Å². The number of aromatic nitrogens is 2. The zero-order valence-corrected chi connectivity index (χ0v) is 15.5. The van der Waals surface area contributed by atoms with E-state index in [-0.39, 0.29) is 16.9 Å². The summed E-state index contributed by atoms with van der Waals surface area (Å²) in [6.45, 7) is 8.33. The average Bonchev–Trinajstić information content (AvgIpc) is 2.94. The van der Waals surface area contributed by atoms with Crippen LogP contribution in [0.1, 0.15) is 58.5 Å². The molecule has 0 aliphatic heterocycles. The van der Waals surface area contributed by atoms with Crippen LogP contribution >= 0.6 is 11.8 Å². The van der Waals surface area contributed by atoms with Gasteiger partial charge in [0.15, 0.2) is 5.12 Å². The van der Waals surface area contributed by atoms with Crippen LogP contribution in [0.25, 0.3) is 0 Å². The molecular formula is C17H29N3O2S. The van der Waals surface area contributed by atoms with Crippen molar-refractivity contribution in [3.63, 3.8) is 0 Å². The first-order valence-corrected chi connectivity index (χ1v) is 9.34. The van der Waals surface area contributed by atoms with Crippen LogP contribution in [0, 0.1) is 11.8 Å². The topological polar surface area (TPSA) is 74.8 Å². The Morgan fingerprint density at radius 2 is 2.13 bits per heavy atom. The van der Waals surface area contributed by atoms with Gasteiger partial charge >= 0.3 is 0 Å². The Morgan fingerprint density at radius 3 is 2.74 bits per heavy atom. The van der Waals surface area contributed by atoms with Gasteiger partial charge in [0.25, 0.3) is 0 Å². The fourth-order valence-corrected chi connectivity index (χ4v) is 3.05. The molecule has 0 fully saturated rings. The third-order valence-electron chi connectivity index (χ3n) is 3.52. The molecule has 2 N–H and O–H groups in total. The van der Waals surface area contributed by atoms with Gasteiger partial charge in [-0.05, 0) is 18.8 Å². The fraction of sp³-hybridized carbons (Fsp3) is 0.706. The Balaban J connectivity index is 2.49. The van der Waals surface area contributed by atoms with Crippen molar-refractivity contribution >= 4 is 22.8 Å². The first-order valence-electron chi connectivity index (χ1n) is 8.36. The minimum Gasteiger partial charge on any atom is -0.350 e. The van der Waals surface area contributed by atoms with Gasteiger partial charge in [0.1, 0.15) is 5.82 Å². The second-order valence-electron chi connectivity index (χ2n) is 6.31. The van der Waals surface area contributed by atoms with E-state index in [9.17, 15) is 9.59 Å². The molecule has 0 aliphatic carbocycles. The number of hydrogen-bond acceptors (Lipinski definition) is 4. The highest BCUT2D eigenvalue weighted by Crippen LogP contribution is 2.18. The van der Waals surface area contributed by atoms with Crippen molar-refractivity contribution in [2.75, 3.05) is 5.75 Å². The SMILES string of the molecule is CCCCc1ncc(CNC(=O)[C@@H](CSC(C)=O)CC(C)C)[nH]1. The van der Waals surface area contributed by atoms with Gasteiger partial charge in [-0.15, -0.1) is 0 Å². The minimum absolute atomic E-state index is 0.0113. The van der Waals surface area contributed by atoms with Crippen LogP contribution in [0.4, 0.5) is 0 Å². The standard InChI is InChI=1S/C17H29N3O2S/c1-5-6-7-16-18-9-15(20-16)10-19-17(22)14(8-12(2)3)11-23-13(4)21/h9,12,14H,5-8,10-11H2,1-4H3,(H,18,20)(H,19,22)/t14-/m1/s1. The second-order valence-corrected chi connectivity index (χ2v) is 7.50. The van der Waals surface area contributed by atoms with E-state index in [4.69, 9.17) is 0 Å². The molecule has 1 aromatic rings. The van der Waals surface area contributed by atoms with Crippen molar-refractivity contribution in [2.45, 2.75) is 59.9 Å². The molecule has 0 saturated heterocycles. The van der Waals surface area contributed by atoms with E-state index in [0.29, 0.717) is 18.2 Å². The predicted octanol–water partition coefficient (Wildman–Crippen LogP) is 3.31. The van der Waals surface area contributed by atoms with Crippen LogP contribution < -0.4 is 5.32 Å². The van der Waals surface area contributed by atoms with Crippen LogP contribution in [-0.2, 0) is 22.6 Å². The fourth-order valence-electron chi connectivity index (χ4n) is 2.33. The molecule has 1 heterocycles.